The molecular weight excluding hydrogens is 609 g/mol. The number of nitrogens with one attached hydrogen (secondary N) is 1. The average Bonchev–Trinajstić information content (AvgIpc) is 2.94. The van der Waals surface area contributed by atoms with Crippen LogP contribution in [-0.4, -0.2) is 50.9 Å². The number of benzene rings is 3. The Morgan fingerprint density at radius 3 is 2.20 bits per heavy atom. The van der Waals surface area contributed by atoms with Crippen LogP contribution in [0.4, 0.5) is 5.69 Å². The summed E-state index contributed by atoms with van der Waals surface area (Å²) in [6.45, 7) is 4.70. The summed E-state index contributed by atoms with van der Waals surface area (Å²) in [6, 6.07) is 15.7. The van der Waals surface area contributed by atoms with E-state index in [-0.39, 0.29) is 34.1 Å². The van der Waals surface area contributed by atoms with Crippen LogP contribution in [0.5, 0.6) is 5.75 Å². The van der Waals surface area contributed by atoms with E-state index in [4.69, 9.17) is 39.5 Å². The average molecular weight is 641 g/mol. The molecule has 0 aromatic heterocycles. The van der Waals surface area contributed by atoms with Gasteiger partial charge in [-0.15, -0.1) is 0 Å². The normalized spacial score (nSPS) is 12.8. The second-order valence-electron chi connectivity index (χ2n) is 9.42. The molecule has 2 amide bonds. The van der Waals surface area contributed by atoms with Gasteiger partial charge >= 0.3 is 0 Å². The SMILES string of the molecule is CC[C@H](C)NC(=O)[C@H](C)N(Cc1ccc(Cl)cc1Cl)C(=O)CN(c1cccc(Cl)c1)S(=O)(=O)c1ccc(OC)cc1. The molecule has 0 heterocycles. The summed E-state index contributed by atoms with van der Waals surface area (Å²) in [5.41, 5.74) is 0.725. The molecule has 0 radical (unpaired) electrons. The van der Waals surface area contributed by atoms with Gasteiger partial charge in [0.2, 0.25) is 11.8 Å². The molecule has 0 aliphatic rings. The van der Waals surface area contributed by atoms with E-state index in [1.54, 1.807) is 37.3 Å². The Morgan fingerprint density at radius 1 is 0.951 bits per heavy atom. The van der Waals surface area contributed by atoms with Crippen molar-refractivity contribution < 1.29 is 22.7 Å². The van der Waals surface area contributed by atoms with Crippen LogP contribution in [0, 0.1) is 0 Å². The lowest BCUT2D eigenvalue weighted by molar-refractivity contribution is -0.139. The first kappa shape index (κ1) is 32.5. The summed E-state index contributed by atoms with van der Waals surface area (Å²) in [7, 11) is -2.78. The molecule has 2 atom stereocenters. The zero-order valence-corrected chi connectivity index (χ0v) is 26.2. The molecule has 0 unspecified atom stereocenters. The summed E-state index contributed by atoms with van der Waals surface area (Å²) in [6.07, 6.45) is 0.693. The molecule has 3 aromatic rings. The number of anilines is 1. The molecule has 12 heteroatoms. The van der Waals surface area contributed by atoms with E-state index < -0.39 is 28.5 Å². The summed E-state index contributed by atoms with van der Waals surface area (Å²) >= 11 is 18.7. The minimum Gasteiger partial charge on any atom is -0.497 e. The van der Waals surface area contributed by atoms with Crippen molar-refractivity contribution in [2.75, 3.05) is 18.0 Å². The quantitative estimate of drug-likeness (QED) is 0.255. The van der Waals surface area contributed by atoms with Gasteiger partial charge in [0.25, 0.3) is 10.0 Å². The smallest absolute Gasteiger partial charge is 0.264 e. The number of carbonyl (C=O) groups is 2. The third-order valence-electron chi connectivity index (χ3n) is 6.55. The first-order valence-corrected chi connectivity index (χ1v) is 15.4. The highest BCUT2D eigenvalue weighted by molar-refractivity contribution is 7.92. The fourth-order valence-electron chi connectivity index (χ4n) is 3.92. The van der Waals surface area contributed by atoms with Crippen LogP contribution in [0.25, 0.3) is 0 Å². The van der Waals surface area contributed by atoms with Gasteiger partial charge in [-0.2, -0.15) is 0 Å². The molecule has 3 aromatic carbocycles. The summed E-state index contributed by atoms with van der Waals surface area (Å²) < 4.78 is 33.9. The van der Waals surface area contributed by atoms with E-state index in [0.29, 0.717) is 27.8 Å². The van der Waals surface area contributed by atoms with E-state index in [0.717, 1.165) is 4.31 Å². The van der Waals surface area contributed by atoms with E-state index in [9.17, 15) is 18.0 Å². The van der Waals surface area contributed by atoms with Crippen LogP contribution in [0.3, 0.4) is 0 Å². The number of hydrogen-bond donors (Lipinski definition) is 1. The van der Waals surface area contributed by atoms with Gasteiger partial charge in [-0.1, -0.05) is 53.9 Å². The second kappa shape index (κ2) is 14.3. The van der Waals surface area contributed by atoms with Gasteiger partial charge < -0.3 is 15.0 Å². The fourth-order valence-corrected chi connectivity index (χ4v) is 5.98. The van der Waals surface area contributed by atoms with Crippen molar-refractivity contribution in [3.05, 3.63) is 87.4 Å². The number of carbonyl (C=O) groups excluding carboxylic acids is 2. The molecule has 8 nitrogen and oxygen atoms in total. The number of ether oxygens (including phenoxy) is 1. The molecular formula is C29H32Cl3N3O5S. The van der Waals surface area contributed by atoms with Crippen LogP contribution >= 0.6 is 34.8 Å². The molecule has 3 rings (SSSR count). The summed E-state index contributed by atoms with van der Waals surface area (Å²) in [5, 5.41) is 3.89. The van der Waals surface area contributed by atoms with Crippen LogP contribution in [0.15, 0.2) is 71.6 Å². The molecule has 0 aliphatic heterocycles. The number of methoxy groups -OCH3 is 1. The molecule has 1 N–H and O–H groups in total. The highest BCUT2D eigenvalue weighted by Crippen LogP contribution is 2.28. The van der Waals surface area contributed by atoms with Gasteiger partial charge in [0, 0.05) is 27.7 Å². The van der Waals surface area contributed by atoms with Crippen LogP contribution < -0.4 is 14.4 Å². The van der Waals surface area contributed by atoms with E-state index in [1.165, 1.54) is 48.4 Å². The highest BCUT2D eigenvalue weighted by Gasteiger charge is 2.33. The Balaban J connectivity index is 2.05. The Kier molecular flexibility index (Phi) is 11.3. The maximum absolute atomic E-state index is 14.0. The molecule has 0 fully saturated rings. The number of nitrogens with zero attached hydrogens (tertiary/aromatic N) is 2. The topological polar surface area (TPSA) is 96.0 Å². The molecule has 220 valence electrons. The maximum Gasteiger partial charge on any atom is 0.264 e. The van der Waals surface area contributed by atoms with E-state index in [2.05, 4.69) is 5.32 Å². The minimum absolute atomic E-state index is 0.0547. The lowest BCUT2D eigenvalue weighted by Crippen LogP contribution is -2.52. The zero-order chi connectivity index (χ0) is 30.3. The van der Waals surface area contributed by atoms with Gasteiger partial charge in [-0.3, -0.25) is 13.9 Å². The Morgan fingerprint density at radius 2 is 1.61 bits per heavy atom. The maximum atomic E-state index is 14.0. The molecule has 0 saturated heterocycles. The van der Waals surface area contributed by atoms with Crippen LogP contribution in [-0.2, 0) is 26.2 Å². The van der Waals surface area contributed by atoms with Crippen LogP contribution in [0.2, 0.25) is 15.1 Å². The van der Waals surface area contributed by atoms with E-state index in [1.807, 2.05) is 13.8 Å². The predicted molar refractivity (Wildman–Crippen MR) is 163 cm³/mol. The Bertz CT molecular complexity index is 1490. The fraction of sp³-hybridized carbons (Fsp3) is 0.310. The van der Waals surface area contributed by atoms with Gasteiger partial charge in [0.05, 0.1) is 17.7 Å². The number of amides is 2. The van der Waals surface area contributed by atoms with Crippen molar-refractivity contribution in [3.8, 4) is 5.75 Å². The lowest BCUT2D eigenvalue weighted by Gasteiger charge is -2.32. The highest BCUT2D eigenvalue weighted by atomic mass is 35.5. The van der Waals surface area contributed by atoms with Gasteiger partial charge in [-0.25, -0.2) is 8.42 Å². The van der Waals surface area contributed by atoms with Crippen molar-refractivity contribution in [2.45, 2.75) is 50.7 Å². The van der Waals surface area contributed by atoms with Crippen molar-refractivity contribution in [3.63, 3.8) is 0 Å². The third kappa shape index (κ3) is 8.29. The van der Waals surface area contributed by atoms with Crippen molar-refractivity contribution in [1.29, 1.82) is 0 Å². The zero-order valence-electron chi connectivity index (χ0n) is 23.1. The summed E-state index contributed by atoms with van der Waals surface area (Å²) in [4.78, 5) is 28.4. The number of sulfonamides is 1. The summed E-state index contributed by atoms with van der Waals surface area (Å²) in [5.74, 6) is -0.536. The van der Waals surface area contributed by atoms with E-state index >= 15 is 0 Å². The molecule has 41 heavy (non-hydrogen) atoms. The Labute approximate surface area is 256 Å². The lowest BCUT2D eigenvalue weighted by atomic mass is 10.1. The standard InChI is InChI=1S/C29H32Cl3N3O5S/c1-5-19(2)33-29(37)20(3)34(17-21-9-10-23(31)16-27(21)32)28(36)18-35(24-8-6-7-22(30)15-24)41(38,39)26-13-11-25(40-4)12-14-26/h6-16,19-20H,5,17-18H2,1-4H3,(H,33,37)/t19-,20-/m0/s1. The number of rotatable bonds is 12. The third-order valence-corrected chi connectivity index (χ3v) is 9.16. The number of halogens is 3. The number of hydrogen-bond acceptors (Lipinski definition) is 5. The molecule has 0 saturated carbocycles. The monoisotopic (exact) mass is 639 g/mol. The molecule has 0 aliphatic carbocycles. The first-order chi connectivity index (χ1) is 19.4. The van der Waals surface area contributed by atoms with Crippen molar-refractivity contribution in [1.82, 2.24) is 10.2 Å². The Hall–Kier alpha value is -2.98. The van der Waals surface area contributed by atoms with Crippen molar-refractivity contribution in [2.24, 2.45) is 0 Å². The first-order valence-electron chi connectivity index (χ1n) is 12.8. The molecule has 0 bridgehead atoms. The van der Waals surface area contributed by atoms with Crippen molar-refractivity contribution >= 4 is 62.3 Å². The van der Waals surface area contributed by atoms with Gasteiger partial charge in [-0.05, 0) is 80.4 Å². The predicted octanol–water partition coefficient (Wildman–Crippen LogP) is 6.18. The minimum atomic E-state index is -4.25. The van der Waals surface area contributed by atoms with Gasteiger partial charge in [0.1, 0.15) is 18.3 Å². The largest absolute Gasteiger partial charge is 0.497 e. The molecule has 0 spiro atoms. The second-order valence-corrected chi connectivity index (χ2v) is 12.6. The van der Waals surface area contributed by atoms with Crippen LogP contribution in [0.1, 0.15) is 32.8 Å². The van der Waals surface area contributed by atoms with Gasteiger partial charge in [0.15, 0.2) is 0 Å².